The van der Waals surface area contributed by atoms with Gasteiger partial charge in [0.15, 0.2) is 0 Å². The van der Waals surface area contributed by atoms with Crippen LogP contribution in [0.25, 0.3) is 0 Å². The van der Waals surface area contributed by atoms with Gasteiger partial charge in [0.2, 0.25) is 0 Å². The van der Waals surface area contributed by atoms with E-state index in [1.807, 2.05) is 25.7 Å². The number of amides is 1. The first kappa shape index (κ1) is 18.3. The summed E-state index contributed by atoms with van der Waals surface area (Å²) >= 11 is 0. The first-order valence-corrected chi connectivity index (χ1v) is 9.16. The van der Waals surface area contributed by atoms with Gasteiger partial charge in [0.1, 0.15) is 11.4 Å². The molecular formula is C19H33NO3. The zero-order valence-electron chi connectivity index (χ0n) is 15.5. The molecule has 2 unspecified atom stereocenters. The fraction of sp³-hybridized carbons (Fsp3) is 0.895. The standard InChI is InChI=1S/C19H33NO3/c1-18(2,3)23-17(22)20-13-8-6-7-11-15(20)14-10-9-12-19(4,5)16(14)21/h14-15H,6-13H2,1-5H3. The van der Waals surface area contributed by atoms with Gasteiger partial charge in [-0.05, 0) is 46.5 Å². The highest BCUT2D eigenvalue weighted by Gasteiger charge is 2.44. The van der Waals surface area contributed by atoms with Crippen molar-refractivity contribution in [2.75, 3.05) is 6.54 Å². The minimum Gasteiger partial charge on any atom is -0.444 e. The minimum absolute atomic E-state index is 0.0134. The number of hydrogen-bond donors (Lipinski definition) is 0. The largest absolute Gasteiger partial charge is 0.444 e. The van der Waals surface area contributed by atoms with Crippen molar-refractivity contribution in [3.05, 3.63) is 0 Å². The van der Waals surface area contributed by atoms with E-state index in [9.17, 15) is 9.59 Å². The number of carbonyl (C=O) groups excluding carboxylic acids is 2. The molecule has 0 aromatic rings. The molecule has 1 amide bonds. The van der Waals surface area contributed by atoms with Gasteiger partial charge in [0.05, 0.1) is 0 Å². The molecule has 2 aliphatic rings. The highest BCUT2D eigenvalue weighted by Crippen LogP contribution is 2.40. The van der Waals surface area contributed by atoms with E-state index < -0.39 is 5.60 Å². The molecular weight excluding hydrogens is 290 g/mol. The van der Waals surface area contributed by atoms with Crippen LogP contribution in [0.15, 0.2) is 0 Å². The number of likely N-dealkylation sites (tertiary alicyclic amines) is 1. The van der Waals surface area contributed by atoms with E-state index in [4.69, 9.17) is 4.74 Å². The van der Waals surface area contributed by atoms with Crippen LogP contribution in [0, 0.1) is 11.3 Å². The maximum absolute atomic E-state index is 12.9. The molecule has 0 bridgehead atoms. The first-order chi connectivity index (χ1) is 10.6. The lowest BCUT2D eigenvalue weighted by atomic mass is 9.68. The molecule has 2 fully saturated rings. The Morgan fingerprint density at radius 2 is 1.83 bits per heavy atom. The summed E-state index contributed by atoms with van der Waals surface area (Å²) in [5.41, 5.74) is -0.751. The molecule has 0 radical (unpaired) electrons. The molecule has 1 saturated heterocycles. The zero-order valence-corrected chi connectivity index (χ0v) is 15.5. The highest BCUT2D eigenvalue weighted by molar-refractivity contribution is 5.88. The zero-order chi connectivity index (χ0) is 17.3. The molecule has 4 nitrogen and oxygen atoms in total. The summed E-state index contributed by atoms with van der Waals surface area (Å²) in [6, 6.07) is 0.0134. The topological polar surface area (TPSA) is 46.6 Å². The molecule has 1 aliphatic heterocycles. The van der Waals surface area contributed by atoms with E-state index in [1.165, 1.54) is 0 Å². The number of ketones is 1. The Balaban J connectivity index is 2.21. The van der Waals surface area contributed by atoms with E-state index in [-0.39, 0.29) is 23.5 Å². The summed E-state index contributed by atoms with van der Waals surface area (Å²) in [6.45, 7) is 10.5. The van der Waals surface area contributed by atoms with E-state index in [2.05, 4.69) is 13.8 Å². The van der Waals surface area contributed by atoms with E-state index in [1.54, 1.807) is 0 Å². The van der Waals surface area contributed by atoms with Crippen LogP contribution in [0.5, 0.6) is 0 Å². The Bertz CT molecular complexity index is 450. The molecule has 0 spiro atoms. The molecule has 23 heavy (non-hydrogen) atoms. The molecule has 132 valence electrons. The second-order valence-corrected chi connectivity index (χ2v) is 8.84. The maximum atomic E-state index is 12.9. The van der Waals surface area contributed by atoms with E-state index in [0.717, 1.165) is 44.9 Å². The predicted molar refractivity (Wildman–Crippen MR) is 91.3 cm³/mol. The molecule has 1 heterocycles. The third-order valence-corrected chi connectivity index (χ3v) is 5.21. The summed E-state index contributed by atoms with van der Waals surface area (Å²) < 4.78 is 5.62. The van der Waals surface area contributed by atoms with Crippen LogP contribution in [-0.2, 0) is 9.53 Å². The van der Waals surface area contributed by atoms with Gasteiger partial charge in [0, 0.05) is 23.9 Å². The molecule has 0 aromatic heterocycles. The van der Waals surface area contributed by atoms with Gasteiger partial charge in [0.25, 0.3) is 0 Å². The van der Waals surface area contributed by atoms with Gasteiger partial charge in [-0.1, -0.05) is 33.1 Å². The first-order valence-electron chi connectivity index (χ1n) is 9.16. The summed E-state index contributed by atoms with van der Waals surface area (Å²) in [6.07, 6.45) is 6.83. The Morgan fingerprint density at radius 1 is 1.13 bits per heavy atom. The van der Waals surface area contributed by atoms with Gasteiger partial charge in [-0.15, -0.1) is 0 Å². The Hall–Kier alpha value is -1.06. The average Bonchev–Trinajstić information content (AvgIpc) is 2.65. The Morgan fingerprint density at radius 3 is 2.48 bits per heavy atom. The van der Waals surface area contributed by atoms with Crippen molar-refractivity contribution >= 4 is 11.9 Å². The van der Waals surface area contributed by atoms with Gasteiger partial charge in [-0.2, -0.15) is 0 Å². The van der Waals surface area contributed by atoms with Crippen molar-refractivity contribution in [3.8, 4) is 0 Å². The number of nitrogens with zero attached hydrogens (tertiary/aromatic N) is 1. The van der Waals surface area contributed by atoms with Crippen molar-refractivity contribution in [2.45, 2.75) is 91.2 Å². The summed E-state index contributed by atoms with van der Waals surface area (Å²) in [7, 11) is 0. The lowest BCUT2D eigenvalue weighted by molar-refractivity contribution is -0.136. The van der Waals surface area contributed by atoms with Crippen LogP contribution in [-0.4, -0.2) is 35.0 Å². The monoisotopic (exact) mass is 323 g/mol. The quantitative estimate of drug-likeness (QED) is 0.710. The van der Waals surface area contributed by atoms with Crippen molar-refractivity contribution in [3.63, 3.8) is 0 Å². The number of ether oxygens (including phenoxy) is 1. The predicted octanol–water partition coefficient (Wildman–Crippen LogP) is 4.56. The molecule has 1 aliphatic carbocycles. The fourth-order valence-electron chi connectivity index (χ4n) is 3.99. The number of Topliss-reactive ketones (excluding diaryl/α,β-unsaturated/α-hetero) is 1. The number of hydrogen-bond acceptors (Lipinski definition) is 3. The molecule has 2 atom stereocenters. The minimum atomic E-state index is -0.496. The number of rotatable bonds is 1. The lowest BCUT2D eigenvalue weighted by Gasteiger charge is -2.41. The maximum Gasteiger partial charge on any atom is 0.410 e. The lowest BCUT2D eigenvalue weighted by Crippen LogP contribution is -2.51. The van der Waals surface area contributed by atoms with Crippen LogP contribution >= 0.6 is 0 Å². The fourth-order valence-corrected chi connectivity index (χ4v) is 3.99. The summed E-state index contributed by atoms with van der Waals surface area (Å²) in [5.74, 6) is 0.313. The third-order valence-electron chi connectivity index (χ3n) is 5.21. The highest BCUT2D eigenvalue weighted by atomic mass is 16.6. The van der Waals surface area contributed by atoms with E-state index in [0.29, 0.717) is 12.3 Å². The molecule has 4 heteroatoms. The van der Waals surface area contributed by atoms with Crippen LogP contribution in [0.2, 0.25) is 0 Å². The van der Waals surface area contributed by atoms with Crippen molar-refractivity contribution in [2.24, 2.45) is 11.3 Å². The molecule has 0 aromatic carbocycles. The molecule has 0 N–H and O–H groups in total. The number of carbonyl (C=O) groups is 2. The normalized spacial score (nSPS) is 29.1. The summed E-state index contributed by atoms with van der Waals surface area (Å²) in [5, 5.41) is 0. The molecule has 1 saturated carbocycles. The van der Waals surface area contributed by atoms with Gasteiger partial charge in [-0.3, -0.25) is 4.79 Å². The van der Waals surface area contributed by atoms with Crippen molar-refractivity contribution in [1.29, 1.82) is 0 Å². The third kappa shape index (κ3) is 4.48. The van der Waals surface area contributed by atoms with Crippen LogP contribution in [0.1, 0.15) is 79.6 Å². The van der Waals surface area contributed by atoms with Crippen molar-refractivity contribution < 1.29 is 14.3 Å². The van der Waals surface area contributed by atoms with Crippen LogP contribution < -0.4 is 0 Å². The Labute approximate surface area is 140 Å². The second kappa shape index (κ2) is 6.82. The smallest absolute Gasteiger partial charge is 0.410 e. The van der Waals surface area contributed by atoms with Gasteiger partial charge in [-0.25, -0.2) is 4.79 Å². The summed E-state index contributed by atoms with van der Waals surface area (Å²) in [4.78, 5) is 27.5. The van der Waals surface area contributed by atoms with Gasteiger partial charge >= 0.3 is 6.09 Å². The van der Waals surface area contributed by atoms with E-state index >= 15 is 0 Å². The Kier molecular flexibility index (Phi) is 5.42. The van der Waals surface area contributed by atoms with Crippen molar-refractivity contribution in [1.82, 2.24) is 4.90 Å². The van der Waals surface area contributed by atoms with Gasteiger partial charge < -0.3 is 9.64 Å². The SMILES string of the molecule is CC(C)(C)OC(=O)N1CCCCCC1C1CCCC(C)(C)C1=O. The van der Waals surface area contributed by atoms with Crippen LogP contribution in [0.4, 0.5) is 4.79 Å². The molecule has 2 rings (SSSR count). The second-order valence-electron chi connectivity index (χ2n) is 8.84. The van der Waals surface area contributed by atoms with Crippen LogP contribution in [0.3, 0.4) is 0 Å². The average molecular weight is 323 g/mol.